The zero-order chi connectivity index (χ0) is 20.9. The second-order valence-corrected chi connectivity index (χ2v) is 8.49. The molecule has 2 aliphatic rings. The van der Waals surface area contributed by atoms with E-state index in [4.69, 9.17) is 4.74 Å². The highest BCUT2D eigenvalue weighted by Gasteiger charge is 2.30. The Morgan fingerprint density at radius 2 is 2.06 bits per heavy atom. The molecule has 3 atom stereocenters. The van der Waals surface area contributed by atoms with Crippen molar-refractivity contribution in [1.29, 1.82) is 0 Å². The first-order valence-electron chi connectivity index (χ1n) is 11.0. The average molecular weight is 538 g/mol. The van der Waals surface area contributed by atoms with Crippen LogP contribution in [0.4, 0.5) is 5.69 Å². The minimum absolute atomic E-state index is 0. The number of nitrogens with zero attached hydrogens (tertiary/aromatic N) is 5. The van der Waals surface area contributed by atoms with Gasteiger partial charge in [-0.2, -0.15) is 0 Å². The van der Waals surface area contributed by atoms with Gasteiger partial charge in [0.25, 0.3) is 0 Å². The fraction of sp³-hybridized carbons (Fsp3) is 0.565. The third-order valence-electron chi connectivity index (χ3n) is 6.60. The summed E-state index contributed by atoms with van der Waals surface area (Å²) in [5.41, 5.74) is 1.19. The average Bonchev–Trinajstić information content (AvgIpc) is 3.47. The number of ether oxygens (including phenoxy) is 1. The van der Waals surface area contributed by atoms with Crippen LogP contribution in [-0.4, -0.2) is 67.3 Å². The summed E-state index contributed by atoms with van der Waals surface area (Å²) in [6.07, 6.45) is 8.22. The SMILES string of the molecule is CN=C(NCC1CCN(c2ccccc2OC)C1)N1CCC(C)C(n2ccnc2)C1.I. The van der Waals surface area contributed by atoms with Gasteiger partial charge in [0.1, 0.15) is 5.75 Å². The van der Waals surface area contributed by atoms with E-state index in [1.54, 1.807) is 7.11 Å². The molecular weight excluding hydrogens is 503 g/mol. The maximum atomic E-state index is 5.55. The number of para-hydroxylation sites is 2. The normalized spacial score (nSPS) is 24.1. The highest BCUT2D eigenvalue weighted by Crippen LogP contribution is 2.32. The van der Waals surface area contributed by atoms with Gasteiger partial charge in [-0.05, 0) is 36.8 Å². The Bertz CT molecular complexity index is 842. The Labute approximate surface area is 202 Å². The third kappa shape index (κ3) is 5.45. The van der Waals surface area contributed by atoms with Gasteiger partial charge >= 0.3 is 0 Å². The van der Waals surface area contributed by atoms with Crippen LogP contribution in [0, 0.1) is 11.8 Å². The van der Waals surface area contributed by atoms with E-state index in [9.17, 15) is 0 Å². The van der Waals surface area contributed by atoms with Gasteiger partial charge in [-0.3, -0.25) is 4.99 Å². The fourth-order valence-corrected chi connectivity index (χ4v) is 4.77. The van der Waals surface area contributed by atoms with Crippen LogP contribution in [0.2, 0.25) is 0 Å². The molecule has 4 rings (SSSR count). The van der Waals surface area contributed by atoms with Crippen molar-refractivity contribution < 1.29 is 4.74 Å². The van der Waals surface area contributed by atoms with Crippen LogP contribution < -0.4 is 15.0 Å². The summed E-state index contributed by atoms with van der Waals surface area (Å²) in [6.45, 7) is 7.40. The Hall–Kier alpha value is -1.97. The second kappa shape index (κ2) is 11.1. The van der Waals surface area contributed by atoms with Gasteiger partial charge in [-0.15, -0.1) is 24.0 Å². The maximum Gasteiger partial charge on any atom is 0.193 e. The Morgan fingerprint density at radius 3 is 2.81 bits per heavy atom. The molecule has 7 nitrogen and oxygen atoms in total. The molecule has 0 radical (unpaired) electrons. The van der Waals surface area contributed by atoms with Crippen LogP contribution in [0.3, 0.4) is 0 Å². The van der Waals surface area contributed by atoms with Crippen LogP contribution in [0.15, 0.2) is 48.0 Å². The number of methoxy groups -OCH3 is 1. The Morgan fingerprint density at radius 1 is 1.23 bits per heavy atom. The quantitative estimate of drug-likeness (QED) is 0.359. The smallest absolute Gasteiger partial charge is 0.193 e. The molecule has 170 valence electrons. The van der Waals surface area contributed by atoms with Gasteiger partial charge < -0.3 is 24.4 Å². The number of halogens is 1. The van der Waals surface area contributed by atoms with Crippen LogP contribution >= 0.6 is 24.0 Å². The lowest BCUT2D eigenvalue weighted by atomic mass is 9.93. The van der Waals surface area contributed by atoms with E-state index in [0.29, 0.717) is 17.9 Å². The summed E-state index contributed by atoms with van der Waals surface area (Å²) in [5.74, 6) is 3.20. The molecule has 0 saturated carbocycles. The van der Waals surface area contributed by atoms with E-state index in [0.717, 1.165) is 50.9 Å². The van der Waals surface area contributed by atoms with Gasteiger partial charge in [-0.1, -0.05) is 19.1 Å². The highest BCUT2D eigenvalue weighted by atomic mass is 127. The molecule has 0 spiro atoms. The molecule has 1 aromatic heterocycles. The minimum atomic E-state index is 0. The molecule has 31 heavy (non-hydrogen) atoms. The summed E-state index contributed by atoms with van der Waals surface area (Å²) in [7, 11) is 3.64. The summed E-state index contributed by atoms with van der Waals surface area (Å²) in [4.78, 5) is 13.7. The molecule has 2 aliphatic heterocycles. The van der Waals surface area contributed by atoms with E-state index in [2.05, 4.69) is 54.9 Å². The van der Waals surface area contributed by atoms with Crippen molar-refractivity contribution in [2.45, 2.75) is 25.8 Å². The van der Waals surface area contributed by atoms with Crippen molar-refractivity contribution >= 4 is 35.6 Å². The number of imidazole rings is 1. The standard InChI is InChI=1S/C23H34N6O.HI/c1-18-8-11-28(16-21(18)29-13-10-25-17-29)23(24-2)26-14-19-9-12-27(15-19)20-6-4-5-7-22(20)30-3;/h4-7,10,13,17-19,21H,8-9,11-12,14-16H2,1-3H3,(H,24,26);1H. The Balaban J connectivity index is 0.00000272. The summed E-state index contributed by atoms with van der Waals surface area (Å²) < 4.78 is 7.79. The zero-order valence-corrected chi connectivity index (χ0v) is 21.1. The number of piperidine rings is 1. The van der Waals surface area contributed by atoms with Crippen LogP contribution in [0.5, 0.6) is 5.75 Å². The molecule has 0 bridgehead atoms. The maximum absolute atomic E-state index is 5.55. The summed E-state index contributed by atoms with van der Waals surface area (Å²) in [5, 5.41) is 3.66. The number of anilines is 1. The van der Waals surface area contributed by atoms with E-state index in [-0.39, 0.29) is 24.0 Å². The number of aromatic nitrogens is 2. The lowest BCUT2D eigenvalue weighted by Crippen LogP contribution is -2.49. The predicted molar refractivity (Wildman–Crippen MR) is 137 cm³/mol. The van der Waals surface area contributed by atoms with E-state index >= 15 is 0 Å². The molecule has 0 amide bonds. The fourth-order valence-electron chi connectivity index (χ4n) is 4.77. The third-order valence-corrected chi connectivity index (χ3v) is 6.60. The van der Waals surface area contributed by atoms with Crippen molar-refractivity contribution in [3.05, 3.63) is 43.0 Å². The number of hydrogen-bond donors (Lipinski definition) is 1. The van der Waals surface area contributed by atoms with Gasteiger partial charge in [-0.25, -0.2) is 4.98 Å². The summed E-state index contributed by atoms with van der Waals surface area (Å²) >= 11 is 0. The second-order valence-electron chi connectivity index (χ2n) is 8.49. The van der Waals surface area contributed by atoms with E-state index < -0.39 is 0 Å². The predicted octanol–water partition coefficient (Wildman–Crippen LogP) is 3.49. The molecule has 3 heterocycles. The van der Waals surface area contributed by atoms with E-state index in [1.807, 2.05) is 31.7 Å². The number of guanidine groups is 1. The zero-order valence-electron chi connectivity index (χ0n) is 18.8. The molecule has 0 aliphatic carbocycles. The topological polar surface area (TPSA) is 57.9 Å². The van der Waals surface area contributed by atoms with Crippen molar-refractivity contribution in [3.8, 4) is 5.75 Å². The minimum Gasteiger partial charge on any atom is -0.495 e. The van der Waals surface area contributed by atoms with Gasteiger partial charge in [0.2, 0.25) is 0 Å². The lowest BCUT2D eigenvalue weighted by molar-refractivity contribution is 0.188. The van der Waals surface area contributed by atoms with Gasteiger partial charge in [0.05, 0.1) is 25.2 Å². The van der Waals surface area contributed by atoms with Crippen molar-refractivity contribution in [2.75, 3.05) is 51.8 Å². The van der Waals surface area contributed by atoms with Crippen molar-refractivity contribution in [2.24, 2.45) is 16.8 Å². The monoisotopic (exact) mass is 538 g/mol. The van der Waals surface area contributed by atoms with Crippen molar-refractivity contribution in [3.63, 3.8) is 0 Å². The first-order valence-corrected chi connectivity index (χ1v) is 11.0. The number of aliphatic imine (C=N–C) groups is 1. The number of likely N-dealkylation sites (tertiary alicyclic amines) is 1. The molecule has 2 saturated heterocycles. The van der Waals surface area contributed by atoms with Gasteiger partial charge in [0, 0.05) is 52.2 Å². The number of benzene rings is 1. The summed E-state index contributed by atoms with van der Waals surface area (Å²) in [6, 6.07) is 8.74. The molecule has 1 N–H and O–H groups in total. The highest BCUT2D eigenvalue weighted by molar-refractivity contribution is 14.0. The molecular formula is C23H35IN6O. The first-order chi connectivity index (χ1) is 14.7. The largest absolute Gasteiger partial charge is 0.495 e. The number of hydrogen-bond acceptors (Lipinski definition) is 4. The number of nitrogens with one attached hydrogen (secondary N) is 1. The molecule has 1 aromatic carbocycles. The van der Waals surface area contributed by atoms with Crippen LogP contribution in [0.25, 0.3) is 0 Å². The van der Waals surface area contributed by atoms with Crippen LogP contribution in [0.1, 0.15) is 25.8 Å². The van der Waals surface area contributed by atoms with Crippen LogP contribution in [-0.2, 0) is 0 Å². The number of rotatable bonds is 5. The molecule has 2 aromatic rings. The molecule has 3 unspecified atom stereocenters. The van der Waals surface area contributed by atoms with E-state index in [1.165, 1.54) is 12.1 Å². The molecule has 8 heteroatoms. The van der Waals surface area contributed by atoms with Gasteiger partial charge in [0.15, 0.2) is 5.96 Å². The first kappa shape index (κ1) is 23.7. The lowest BCUT2D eigenvalue weighted by Gasteiger charge is -2.39. The van der Waals surface area contributed by atoms with Crippen molar-refractivity contribution in [1.82, 2.24) is 19.8 Å². The molecule has 2 fully saturated rings. The Kier molecular flexibility index (Phi) is 8.45.